The molecule has 0 aliphatic carbocycles. The summed E-state index contributed by atoms with van der Waals surface area (Å²) in [5, 5.41) is 0. The summed E-state index contributed by atoms with van der Waals surface area (Å²) in [5.41, 5.74) is 2.26. The molecule has 88 valence electrons. The maximum atomic E-state index is 5.79. The summed E-state index contributed by atoms with van der Waals surface area (Å²) in [6, 6.07) is 8.53. The van der Waals surface area contributed by atoms with Gasteiger partial charge in [0, 0.05) is 6.42 Å². The lowest BCUT2D eigenvalue weighted by molar-refractivity contribution is 0.514. The molecule has 0 fully saturated rings. The van der Waals surface area contributed by atoms with Gasteiger partial charge in [0.05, 0.1) is 5.41 Å². The van der Waals surface area contributed by atoms with Crippen LogP contribution >= 0.6 is 0 Å². The first kappa shape index (κ1) is 13.4. The van der Waals surface area contributed by atoms with Gasteiger partial charge in [0.15, 0.2) is 0 Å². The van der Waals surface area contributed by atoms with Gasteiger partial charge in [-0.2, -0.15) is 0 Å². The van der Waals surface area contributed by atoms with Crippen molar-refractivity contribution in [2.24, 2.45) is 0 Å². The predicted molar refractivity (Wildman–Crippen MR) is 74.7 cm³/mol. The molecule has 0 aliphatic rings. The van der Waals surface area contributed by atoms with Gasteiger partial charge in [-0.15, -0.1) is 18.3 Å². The molecule has 0 N–H and O–H groups in total. The molecule has 0 spiro atoms. The molecule has 0 bridgehead atoms. The van der Waals surface area contributed by atoms with Crippen LogP contribution in [0.15, 0.2) is 24.3 Å². The van der Waals surface area contributed by atoms with Crippen molar-refractivity contribution >= 4 is 0 Å². The summed E-state index contributed by atoms with van der Waals surface area (Å²) in [6.45, 7) is 6.12. The summed E-state index contributed by atoms with van der Waals surface area (Å²) < 4.78 is 0. The summed E-state index contributed by atoms with van der Waals surface area (Å²) in [4.78, 5) is 0. The minimum absolute atomic E-state index is 0.217. The molecule has 1 atom stereocenters. The summed E-state index contributed by atoms with van der Waals surface area (Å²) in [6.07, 6.45) is 8.59. The van der Waals surface area contributed by atoms with Crippen LogP contribution in [-0.2, 0) is 5.41 Å². The molecule has 0 nitrogen and oxygen atoms in total. The Morgan fingerprint density at radius 1 is 1.24 bits per heavy atom. The van der Waals surface area contributed by atoms with Gasteiger partial charge >= 0.3 is 0 Å². The van der Waals surface area contributed by atoms with Gasteiger partial charge < -0.3 is 0 Å². The summed E-state index contributed by atoms with van der Waals surface area (Å²) in [5.74, 6) is 9.08. The quantitative estimate of drug-likeness (QED) is 0.676. The zero-order valence-electron chi connectivity index (χ0n) is 11.0. The molecule has 1 aromatic rings. The molecule has 0 heterocycles. The van der Waals surface area contributed by atoms with Crippen molar-refractivity contribution in [2.75, 3.05) is 0 Å². The Labute approximate surface area is 105 Å². The Bertz CT molecular complexity index is 448. The molecule has 1 unspecified atom stereocenters. The Morgan fingerprint density at radius 3 is 2.35 bits per heavy atom. The van der Waals surface area contributed by atoms with E-state index in [4.69, 9.17) is 6.42 Å². The highest BCUT2D eigenvalue weighted by atomic mass is 14.3. The molecule has 0 saturated heterocycles. The van der Waals surface area contributed by atoms with Crippen LogP contribution in [0.3, 0.4) is 0 Å². The van der Waals surface area contributed by atoms with Gasteiger partial charge in [0.25, 0.3) is 0 Å². The van der Waals surface area contributed by atoms with E-state index in [2.05, 4.69) is 55.9 Å². The smallest absolute Gasteiger partial charge is 0.0668 e. The molecular formula is C17H20. The summed E-state index contributed by atoms with van der Waals surface area (Å²) >= 11 is 0. The van der Waals surface area contributed by atoms with Crippen molar-refractivity contribution in [3.63, 3.8) is 0 Å². The Balaban J connectivity index is 3.15. The van der Waals surface area contributed by atoms with Gasteiger partial charge in [0.1, 0.15) is 0 Å². The standard InChI is InChI=1S/C17H20/c1-5-8-14-17(7-3,13-6-2)16-11-9-15(4)10-12-16/h3,9-12H,6,13-14H2,1-2,4H3. The highest BCUT2D eigenvalue weighted by Crippen LogP contribution is 2.32. The lowest BCUT2D eigenvalue weighted by Gasteiger charge is -2.26. The molecule has 0 aliphatic heterocycles. The van der Waals surface area contributed by atoms with Gasteiger partial charge in [-0.1, -0.05) is 49.1 Å². The van der Waals surface area contributed by atoms with E-state index in [1.54, 1.807) is 0 Å². The number of terminal acetylenes is 1. The molecule has 0 radical (unpaired) electrons. The third-order valence-corrected chi connectivity index (χ3v) is 3.12. The molecule has 0 amide bonds. The number of aryl methyl sites for hydroxylation is 1. The first-order valence-corrected chi connectivity index (χ1v) is 6.13. The van der Waals surface area contributed by atoms with Crippen LogP contribution in [0.5, 0.6) is 0 Å². The SMILES string of the molecule is C#CC(CC#CC)(CCC)c1ccc(C)cc1. The van der Waals surface area contributed by atoms with Crippen molar-refractivity contribution in [3.8, 4) is 24.2 Å². The van der Waals surface area contributed by atoms with Crippen LogP contribution in [-0.4, -0.2) is 0 Å². The molecular weight excluding hydrogens is 204 g/mol. The normalized spacial score (nSPS) is 13.1. The van der Waals surface area contributed by atoms with E-state index in [1.165, 1.54) is 11.1 Å². The van der Waals surface area contributed by atoms with Crippen LogP contribution in [0.2, 0.25) is 0 Å². The third kappa shape index (κ3) is 3.15. The Hall–Kier alpha value is -1.66. The van der Waals surface area contributed by atoms with Crippen LogP contribution in [0, 0.1) is 31.1 Å². The number of hydrogen-bond acceptors (Lipinski definition) is 0. The Kier molecular flexibility index (Phi) is 4.86. The van der Waals surface area contributed by atoms with E-state index in [0.29, 0.717) is 0 Å². The van der Waals surface area contributed by atoms with Gasteiger partial charge in [-0.05, 0) is 25.8 Å². The largest absolute Gasteiger partial charge is 0.119 e. The second kappa shape index (κ2) is 6.17. The van der Waals surface area contributed by atoms with Crippen molar-refractivity contribution in [2.45, 2.75) is 45.4 Å². The second-order valence-electron chi connectivity index (χ2n) is 4.45. The molecule has 0 heteroatoms. The number of benzene rings is 1. The number of hydrogen-bond donors (Lipinski definition) is 0. The maximum absolute atomic E-state index is 5.79. The van der Waals surface area contributed by atoms with Crippen molar-refractivity contribution in [3.05, 3.63) is 35.4 Å². The van der Waals surface area contributed by atoms with Crippen LogP contribution < -0.4 is 0 Å². The van der Waals surface area contributed by atoms with Crippen molar-refractivity contribution in [1.29, 1.82) is 0 Å². The highest BCUT2D eigenvalue weighted by molar-refractivity contribution is 5.37. The van der Waals surface area contributed by atoms with E-state index in [1.807, 2.05) is 6.92 Å². The molecule has 0 saturated carbocycles. The summed E-state index contributed by atoms with van der Waals surface area (Å²) in [7, 11) is 0. The first-order valence-electron chi connectivity index (χ1n) is 6.13. The fraction of sp³-hybridized carbons (Fsp3) is 0.412. The highest BCUT2D eigenvalue weighted by Gasteiger charge is 2.27. The number of rotatable bonds is 4. The van der Waals surface area contributed by atoms with Crippen molar-refractivity contribution in [1.82, 2.24) is 0 Å². The lowest BCUT2D eigenvalue weighted by Crippen LogP contribution is -2.23. The predicted octanol–water partition coefficient (Wildman–Crippen LogP) is 4.08. The van der Waals surface area contributed by atoms with E-state index in [-0.39, 0.29) is 5.41 Å². The van der Waals surface area contributed by atoms with E-state index < -0.39 is 0 Å². The van der Waals surface area contributed by atoms with Gasteiger partial charge in [-0.25, -0.2) is 0 Å². The molecule has 1 aromatic carbocycles. The fourth-order valence-corrected chi connectivity index (χ4v) is 2.08. The molecule has 1 rings (SSSR count). The zero-order valence-corrected chi connectivity index (χ0v) is 11.0. The fourth-order valence-electron chi connectivity index (χ4n) is 2.08. The van der Waals surface area contributed by atoms with E-state index >= 15 is 0 Å². The van der Waals surface area contributed by atoms with Gasteiger partial charge in [-0.3, -0.25) is 0 Å². The molecule has 0 aromatic heterocycles. The van der Waals surface area contributed by atoms with Crippen molar-refractivity contribution < 1.29 is 0 Å². The monoisotopic (exact) mass is 224 g/mol. The zero-order chi connectivity index (χ0) is 12.7. The van der Waals surface area contributed by atoms with Gasteiger partial charge in [0.2, 0.25) is 0 Å². The lowest BCUT2D eigenvalue weighted by atomic mass is 9.75. The third-order valence-electron chi connectivity index (χ3n) is 3.12. The van der Waals surface area contributed by atoms with Crippen LogP contribution in [0.25, 0.3) is 0 Å². The molecule has 17 heavy (non-hydrogen) atoms. The van der Waals surface area contributed by atoms with Crippen LogP contribution in [0.1, 0.15) is 44.2 Å². The Morgan fingerprint density at radius 2 is 1.88 bits per heavy atom. The van der Waals surface area contributed by atoms with Crippen LogP contribution in [0.4, 0.5) is 0 Å². The maximum Gasteiger partial charge on any atom is 0.0668 e. The minimum Gasteiger partial charge on any atom is -0.119 e. The first-order chi connectivity index (χ1) is 8.18. The topological polar surface area (TPSA) is 0 Å². The second-order valence-corrected chi connectivity index (χ2v) is 4.45. The minimum atomic E-state index is -0.217. The average molecular weight is 224 g/mol. The van der Waals surface area contributed by atoms with E-state index in [0.717, 1.165) is 19.3 Å². The average Bonchev–Trinajstić information content (AvgIpc) is 2.36. The van der Waals surface area contributed by atoms with E-state index in [9.17, 15) is 0 Å².